The first-order valence-electron chi connectivity index (χ1n) is 10.4. The number of hydrogen-bond acceptors (Lipinski definition) is 5. The Kier molecular flexibility index (Phi) is 6.96. The Morgan fingerprint density at radius 2 is 1.82 bits per heavy atom. The highest BCUT2D eigenvalue weighted by molar-refractivity contribution is 9.10. The van der Waals surface area contributed by atoms with Gasteiger partial charge in [-0.15, -0.1) is 0 Å². The van der Waals surface area contributed by atoms with Gasteiger partial charge in [-0.1, -0.05) is 45.7 Å². The number of rotatable bonds is 5. The molecule has 1 atom stereocenters. The van der Waals surface area contributed by atoms with Gasteiger partial charge in [0, 0.05) is 52.0 Å². The molecule has 1 unspecified atom stereocenters. The lowest BCUT2D eigenvalue weighted by molar-refractivity contribution is -0.135. The van der Waals surface area contributed by atoms with E-state index >= 15 is 4.39 Å². The van der Waals surface area contributed by atoms with Crippen LogP contribution in [0.2, 0.25) is 5.02 Å². The van der Waals surface area contributed by atoms with Crippen LogP contribution in [0.3, 0.4) is 0 Å². The zero-order valence-corrected chi connectivity index (χ0v) is 21.7. The van der Waals surface area contributed by atoms with Crippen LogP contribution in [0.15, 0.2) is 63.3 Å². The third-order valence-electron chi connectivity index (χ3n) is 5.89. The van der Waals surface area contributed by atoms with E-state index in [1.165, 1.54) is 12.1 Å². The van der Waals surface area contributed by atoms with E-state index in [9.17, 15) is 21.6 Å². The van der Waals surface area contributed by atoms with Crippen molar-refractivity contribution in [2.24, 2.45) is 0 Å². The van der Waals surface area contributed by atoms with Gasteiger partial charge in [-0.25, -0.2) is 21.2 Å². The van der Waals surface area contributed by atoms with E-state index < -0.39 is 37.5 Å². The van der Waals surface area contributed by atoms with Gasteiger partial charge in [0.15, 0.2) is 15.5 Å². The zero-order valence-electron chi connectivity index (χ0n) is 17.7. The zero-order chi connectivity index (χ0) is 24.7. The summed E-state index contributed by atoms with van der Waals surface area (Å²) in [6, 6.07) is 10.8. The van der Waals surface area contributed by atoms with E-state index in [2.05, 4.69) is 21.2 Å². The first-order chi connectivity index (χ1) is 15.9. The topological polar surface area (TPSA) is 101 Å². The summed E-state index contributed by atoms with van der Waals surface area (Å²) in [5.41, 5.74) is -1.35. The van der Waals surface area contributed by atoms with Gasteiger partial charge in [-0.05, 0) is 30.3 Å². The van der Waals surface area contributed by atoms with Crippen molar-refractivity contribution in [2.45, 2.75) is 29.4 Å². The summed E-state index contributed by atoms with van der Waals surface area (Å²) in [7, 11) is -7.42. The van der Waals surface area contributed by atoms with Gasteiger partial charge in [0.2, 0.25) is 10.0 Å². The highest BCUT2D eigenvalue weighted by Crippen LogP contribution is 2.37. The van der Waals surface area contributed by atoms with E-state index in [0.717, 1.165) is 9.71 Å². The average Bonchev–Trinajstić information content (AvgIpc) is 3.12. The molecule has 2 aliphatic heterocycles. The van der Waals surface area contributed by atoms with Crippen molar-refractivity contribution >= 4 is 53.3 Å². The van der Waals surface area contributed by atoms with Crippen LogP contribution >= 0.6 is 27.5 Å². The molecular weight excluding hydrogens is 571 g/mol. The van der Waals surface area contributed by atoms with Gasteiger partial charge in [0.25, 0.3) is 5.91 Å². The molecule has 2 heterocycles. The number of piperidine rings is 1. The molecule has 2 aromatic carbocycles. The fourth-order valence-electron chi connectivity index (χ4n) is 4.03. The third kappa shape index (κ3) is 5.08. The molecule has 0 aliphatic carbocycles. The number of alkyl halides is 1. The van der Waals surface area contributed by atoms with E-state index in [1.807, 2.05) is 0 Å². The van der Waals surface area contributed by atoms with Gasteiger partial charge in [0.05, 0.1) is 16.7 Å². The van der Waals surface area contributed by atoms with Crippen LogP contribution in [0.4, 0.5) is 4.39 Å². The van der Waals surface area contributed by atoms with Gasteiger partial charge in [-0.2, -0.15) is 4.31 Å². The molecule has 12 heteroatoms. The molecule has 182 valence electrons. The number of amides is 1. The number of hydrogen-bond donors (Lipinski definition) is 1. The number of carbonyl (C=O) groups is 1. The quantitative estimate of drug-likeness (QED) is 0.572. The maximum absolute atomic E-state index is 15.4. The lowest BCUT2D eigenvalue weighted by Gasteiger charge is -2.35. The van der Waals surface area contributed by atoms with Crippen LogP contribution in [-0.4, -0.2) is 57.6 Å². The van der Waals surface area contributed by atoms with Gasteiger partial charge < -0.3 is 5.32 Å². The largest absolute Gasteiger partial charge is 0.346 e. The summed E-state index contributed by atoms with van der Waals surface area (Å²) >= 11 is 9.69. The van der Waals surface area contributed by atoms with Crippen LogP contribution in [0.25, 0.3) is 11.1 Å². The van der Waals surface area contributed by atoms with E-state index in [4.69, 9.17) is 11.6 Å². The second-order valence-corrected chi connectivity index (χ2v) is 13.4. The number of benzene rings is 2. The predicted octanol–water partition coefficient (Wildman–Crippen LogP) is 3.69. The molecule has 34 heavy (non-hydrogen) atoms. The third-order valence-corrected chi connectivity index (χ3v) is 10.1. The fourth-order valence-corrected chi connectivity index (χ4v) is 7.49. The standard InChI is InChI=1S/C22H21BrClFN2O5S2/c23-15-5-6-20(18(13-15)17-3-1-2-4-19(17)24)34(31,32)27-10-8-22(25,9-11-27)21(28)26-16-7-12-33(29,30)14-16/h1-7,12-13,16H,8-11,14H2,(H,26,28). The molecule has 4 rings (SSSR count). The second kappa shape index (κ2) is 9.34. The minimum Gasteiger partial charge on any atom is -0.346 e. The van der Waals surface area contributed by atoms with Crippen molar-refractivity contribution < 1.29 is 26.0 Å². The number of carbonyl (C=O) groups excluding carboxylic acids is 1. The van der Waals surface area contributed by atoms with Crippen LogP contribution in [-0.2, 0) is 24.7 Å². The maximum atomic E-state index is 15.4. The summed E-state index contributed by atoms with van der Waals surface area (Å²) < 4.78 is 67.3. The molecule has 1 saturated heterocycles. The Labute approximate surface area is 211 Å². The first kappa shape index (κ1) is 25.3. The van der Waals surface area contributed by atoms with Crippen molar-refractivity contribution in [2.75, 3.05) is 18.8 Å². The van der Waals surface area contributed by atoms with E-state index in [1.54, 1.807) is 36.4 Å². The molecule has 1 N–H and O–H groups in total. The average molecular weight is 592 g/mol. The molecule has 7 nitrogen and oxygen atoms in total. The maximum Gasteiger partial charge on any atom is 0.258 e. The van der Waals surface area contributed by atoms with Crippen molar-refractivity contribution in [3.05, 3.63) is 63.4 Å². The molecule has 0 radical (unpaired) electrons. The predicted molar refractivity (Wildman–Crippen MR) is 131 cm³/mol. The molecule has 0 aromatic heterocycles. The number of sulfonamides is 1. The SMILES string of the molecule is O=C(NC1C=CS(=O)(=O)C1)C1(F)CCN(S(=O)(=O)c2ccc(Br)cc2-c2ccccc2Cl)CC1. The summed E-state index contributed by atoms with van der Waals surface area (Å²) in [6.45, 7) is -0.411. The highest BCUT2D eigenvalue weighted by atomic mass is 79.9. The lowest BCUT2D eigenvalue weighted by atomic mass is 9.93. The monoisotopic (exact) mass is 590 g/mol. The number of nitrogens with zero attached hydrogens (tertiary/aromatic N) is 1. The minimum absolute atomic E-state index is 0.0286. The Morgan fingerprint density at radius 1 is 1.15 bits per heavy atom. The highest BCUT2D eigenvalue weighted by Gasteiger charge is 2.45. The molecule has 0 saturated carbocycles. The number of nitrogens with one attached hydrogen (secondary N) is 1. The molecule has 1 amide bonds. The van der Waals surface area contributed by atoms with Crippen LogP contribution < -0.4 is 5.32 Å². The lowest BCUT2D eigenvalue weighted by Crippen LogP contribution is -2.54. The number of sulfone groups is 1. The first-order valence-corrected chi connectivity index (χ1v) is 14.7. The molecule has 1 fully saturated rings. The van der Waals surface area contributed by atoms with Gasteiger partial charge in [-0.3, -0.25) is 4.79 Å². The fraction of sp³-hybridized carbons (Fsp3) is 0.318. The van der Waals surface area contributed by atoms with E-state index in [-0.39, 0.29) is 36.6 Å². The summed E-state index contributed by atoms with van der Waals surface area (Å²) in [5.74, 6) is -1.25. The molecule has 2 aromatic rings. The normalized spacial score (nSPS) is 21.9. The van der Waals surface area contributed by atoms with Gasteiger partial charge >= 0.3 is 0 Å². The minimum atomic E-state index is -4.02. The van der Waals surface area contributed by atoms with Crippen molar-refractivity contribution in [3.63, 3.8) is 0 Å². The summed E-state index contributed by atoms with van der Waals surface area (Å²) in [6.07, 6.45) is 0.609. The van der Waals surface area contributed by atoms with Crippen LogP contribution in [0.5, 0.6) is 0 Å². The Balaban J connectivity index is 1.53. The Hall–Kier alpha value is -1.79. The van der Waals surface area contributed by atoms with Crippen LogP contribution in [0.1, 0.15) is 12.8 Å². The molecule has 2 aliphatic rings. The summed E-state index contributed by atoms with van der Waals surface area (Å²) in [4.78, 5) is 12.6. The molecule has 0 spiro atoms. The molecule has 0 bridgehead atoms. The van der Waals surface area contributed by atoms with Crippen LogP contribution in [0, 0.1) is 0 Å². The molecular formula is C22H21BrClFN2O5S2. The Bertz CT molecular complexity index is 1370. The Morgan fingerprint density at radius 3 is 2.44 bits per heavy atom. The van der Waals surface area contributed by atoms with Gasteiger partial charge in [0.1, 0.15) is 0 Å². The summed E-state index contributed by atoms with van der Waals surface area (Å²) in [5, 5.41) is 3.79. The van der Waals surface area contributed by atoms with E-state index in [0.29, 0.717) is 20.6 Å². The number of halogens is 3. The second-order valence-electron chi connectivity index (χ2n) is 8.23. The smallest absolute Gasteiger partial charge is 0.258 e. The van der Waals surface area contributed by atoms with Crippen molar-refractivity contribution in [3.8, 4) is 11.1 Å². The van der Waals surface area contributed by atoms with Crippen molar-refractivity contribution in [1.29, 1.82) is 0 Å². The van der Waals surface area contributed by atoms with Crippen molar-refractivity contribution in [1.82, 2.24) is 9.62 Å².